The van der Waals surface area contributed by atoms with Crippen LogP contribution in [-0.2, 0) is 4.79 Å². The van der Waals surface area contributed by atoms with Gasteiger partial charge in [0.25, 0.3) is 11.8 Å². The minimum atomic E-state index is -0.235. The number of benzene rings is 3. The van der Waals surface area contributed by atoms with Crippen LogP contribution in [0.25, 0.3) is 0 Å². The van der Waals surface area contributed by atoms with Crippen LogP contribution in [0, 0.1) is 0 Å². The maximum atomic E-state index is 12.6. The lowest BCUT2D eigenvalue weighted by atomic mass is 10.1. The van der Waals surface area contributed by atoms with Crippen molar-refractivity contribution in [2.75, 3.05) is 43.0 Å². The van der Waals surface area contributed by atoms with Gasteiger partial charge in [-0.3, -0.25) is 9.59 Å². The Morgan fingerprint density at radius 3 is 2.16 bits per heavy atom. The number of rotatable bonds is 6. The van der Waals surface area contributed by atoms with Crippen molar-refractivity contribution in [3.8, 4) is 5.75 Å². The van der Waals surface area contributed by atoms with E-state index in [-0.39, 0.29) is 18.4 Å². The molecule has 0 aromatic heterocycles. The molecule has 1 N–H and O–H groups in total. The molecule has 3 aromatic carbocycles. The molecule has 0 aliphatic carbocycles. The highest BCUT2D eigenvalue weighted by Gasteiger charge is 2.22. The first-order chi connectivity index (χ1) is 15.6. The van der Waals surface area contributed by atoms with Gasteiger partial charge in [-0.25, -0.2) is 0 Å². The first-order valence-corrected chi connectivity index (χ1v) is 10.8. The zero-order chi connectivity index (χ0) is 22.3. The molecule has 3 aromatic rings. The quantitative estimate of drug-likeness (QED) is 0.608. The molecule has 164 valence electrons. The van der Waals surface area contributed by atoms with Crippen molar-refractivity contribution in [3.63, 3.8) is 0 Å². The zero-order valence-electron chi connectivity index (χ0n) is 17.5. The minimum Gasteiger partial charge on any atom is -0.484 e. The van der Waals surface area contributed by atoms with Gasteiger partial charge in [0.2, 0.25) is 0 Å². The molecule has 0 spiro atoms. The molecule has 1 saturated heterocycles. The molecule has 1 heterocycles. The summed E-state index contributed by atoms with van der Waals surface area (Å²) >= 11 is 5.84. The average Bonchev–Trinajstić information content (AvgIpc) is 2.84. The summed E-state index contributed by atoms with van der Waals surface area (Å²) in [6.45, 7) is 2.79. The molecule has 32 heavy (non-hydrogen) atoms. The number of carbonyl (C=O) groups is 2. The molecular formula is C25H24ClN3O3. The van der Waals surface area contributed by atoms with E-state index in [0.717, 1.165) is 24.3 Å². The van der Waals surface area contributed by atoms with Crippen molar-refractivity contribution in [2.45, 2.75) is 0 Å². The fraction of sp³-hybridized carbons (Fsp3) is 0.200. The molecule has 0 radical (unpaired) electrons. The number of halogens is 1. The average molecular weight is 450 g/mol. The standard InChI is InChI=1S/C25H24ClN3O3/c26-20-6-12-23(13-7-20)32-18-24(30)27-21-8-10-22(11-9-21)28-14-16-29(17-15-28)25(31)19-4-2-1-3-5-19/h1-13H,14-18H2,(H,27,30). The second kappa shape index (κ2) is 10.2. The number of ether oxygens (including phenoxy) is 1. The molecule has 1 fully saturated rings. The van der Waals surface area contributed by atoms with Gasteiger partial charge >= 0.3 is 0 Å². The summed E-state index contributed by atoms with van der Waals surface area (Å²) in [5, 5.41) is 3.45. The van der Waals surface area contributed by atoms with Crippen LogP contribution in [0.4, 0.5) is 11.4 Å². The van der Waals surface area contributed by atoms with E-state index in [9.17, 15) is 9.59 Å². The highest BCUT2D eigenvalue weighted by molar-refractivity contribution is 6.30. The molecule has 7 heteroatoms. The predicted octanol–water partition coefficient (Wildman–Crippen LogP) is 4.32. The molecule has 0 saturated carbocycles. The second-order valence-corrected chi connectivity index (χ2v) is 7.92. The Kier molecular flexibility index (Phi) is 6.92. The summed E-state index contributed by atoms with van der Waals surface area (Å²) < 4.78 is 5.46. The molecule has 4 rings (SSSR count). The molecule has 0 unspecified atom stereocenters. The van der Waals surface area contributed by atoms with Crippen LogP contribution in [0.2, 0.25) is 5.02 Å². The Morgan fingerprint density at radius 1 is 0.844 bits per heavy atom. The molecular weight excluding hydrogens is 426 g/mol. The highest BCUT2D eigenvalue weighted by Crippen LogP contribution is 2.21. The summed E-state index contributed by atoms with van der Waals surface area (Å²) in [7, 11) is 0. The number of nitrogens with zero attached hydrogens (tertiary/aromatic N) is 2. The molecule has 1 aliphatic heterocycles. The van der Waals surface area contributed by atoms with Gasteiger partial charge < -0.3 is 19.9 Å². The topological polar surface area (TPSA) is 61.9 Å². The Labute approximate surface area is 192 Å². The van der Waals surface area contributed by atoms with Crippen LogP contribution < -0.4 is 15.0 Å². The Morgan fingerprint density at radius 2 is 1.50 bits per heavy atom. The molecule has 0 bridgehead atoms. The van der Waals surface area contributed by atoms with Crippen molar-refractivity contribution in [1.29, 1.82) is 0 Å². The summed E-state index contributed by atoms with van der Waals surface area (Å²) in [5.74, 6) is 0.426. The summed E-state index contributed by atoms with van der Waals surface area (Å²) in [6.07, 6.45) is 0. The third kappa shape index (κ3) is 5.59. The van der Waals surface area contributed by atoms with Crippen molar-refractivity contribution in [3.05, 3.63) is 89.4 Å². The molecule has 6 nitrogen and oxygen atoms in total. The van der Waals surface area contributed by atoms with Gasteiger partial charge in [0.05, 0.1) is 0 Å². The smallest absolute Gasteiger partial charge is 0.262 e. The van der Waals surface area contributed by atoms with E-state index in [2.05, 4.69) is 10.2 Å². The van der Waals surface area contributed by atoms with Crippen LogP contribution in [0.15, 0.2) is 78.9 Å². The Bertz CT molecular complexity index is 1050. The number of carbonyl (C=O) groups excluding carboxylic acids is 2. The monoisotopic (exact) mass is 449 g/mol. The number of hydrogen-bond acceptors (Lipinski definition) is 4. The van der Waals surface area contributed by atoms with E-state index in [4.69, 9.17) is 16.3 Å². The van der Waals surface area contributed by atoms with Gasteiger partial charge in [-0.15, -0.1) is 0 Å². The van der Waals surface area contributed by atoms with E-state index in [1.54, 1.807) is 24.3 Å². The predicted molar refractivity (Wildman–Crippen MR) is 127 cm³/mol. The first-order valence-electron chi connectivity index (χ1n) is 10.5. The van der Waals surface area contributed by atoms with Crippen molar-refractivity contribution < 1.29 is 14.3 Å². The maximum Gasteiger partial charge on any atom is 0.262 e. The van der Waals surface area contributed by atoms with Crippen LogP contribution in [-0.4, -0.2) is 49.5 Å². The fourth-order valence-corrected chi connectivity index (χ4v) is 3.69. The lowest BCUT2D eigenvalue weighted by Gasteiger charge is -2.36. The molecule has 0 atom stereocenters. The first kappa shape index (κ1) is 21.7. The summed E-state index contributed by atoms with van der Waals surface area (Å²) in [4.78, 5) is 28.9. The SMILES string of the molecule is O=C(COc1ccc(Cl)cc1)Nc1ccc(N2CCN(C(=O)c3ccccc3)CC2)cc1. The van der Waals surface area contributed by atoms with Gasteiger partial charge in [-0.2, -0.15) is 0 Å². The normalized spacial score (nSPS) is 13.5. The van der Waals surface area contributed by atoms with Crippen molar-refractivity contribution >= 4 is 34.8 Å². The molecule has 2 amide bonds. The molecule has 1 aliphatic rings. The van der Waals surface area contributed by atoms with Gasteiger partial charge in [0, 0.05) is 48.1 Å². The number of amides is 2. The van der Waals surface area contributed by atoms with Crippen LogP contribution in [0.3, 0.4) is 0 Å². The minimum absolute atomic E-state index is 0.0733. The van der Waals surface area contributed by atoms with Gasteiger partial charge in [0.1, 0.15) is 5.75 Å². The third-order valence-electron chi connectivity index (χ3n) is 5.29. The second-order valence-electron chi connectivity index (χ2n) is 7.48. The number of nitrogens with one attached hydrogen (secondary N) is 1. The van der Waals surface area contributed by atoms with E-state index in [1.807, 2.05) is 59.5 Å². The Balaban J connectivity index is 1.25. The number of piperazine rings is 1. The van der Waals surface area contributed by atoms with Gasteiger partial charge in [0.15, 0.2) is 6.61 Å². The summed E-state index contributed by atoms with van der Waals surface area (Å²) in [6, 6.07) is 23.9. The van der Waals surface area contributed by atoms with Gasteiger partial charge in [-0.05, 0) is 60.7 Å². The number of anilines is 2. The zero-order valence-corrected chi connectivity index (χ0v) is 18.3. The van der Waals surface area contributed by atoms with Crippen LogP contribution in [0.1, 0.15) is 10.4 Å². The highest BCUT2D eigenvalue weighted by atomic mass is 35.5. The summed E-state index contributed by atoms with van der Waals surface area (Å²) in [5.41, 5.74) is 2.49. The van der Waals surface area contributed by atoms with E-state index < -0.39 is 0 Å². The lowest BCUT2D eigenvalue weighted by molar-refractivity contribution is -0.118. The van der Waals surface area contributed by atoms with E-state index in [1.165, 1.54) is 0 Å². The van der Waals surface area contributed by atoms with Crippen LogP contribution in [0.5, 0.6) is 5.75 Å². The van der Waals surface area contributed by atoms with Crippen molar-refractivity contribution in [1.82, 2.24) is 4.90 Å². The maximum absolute atomic E-state index is 12.6. The van der Waals surface area contributed by atoms with E-state index in [0.29, 0.717) is 29.5 Å². The lowest BCUT2D eigenvalue weighted by Crippen LogP contribution is -2.48. The third-order valence-corrected chi connectivity index (χ3v) is 5.54. The largest absolute Gasteiger partial charge is 0.484 e. The van der Waals surface area contributed by atoms with Crippen LogP contribution >= 0.6 is 11.6 Å². The fourth-order valence-electron chi connectivity index (χ4n) is 3.56. The number of hydrogen-bond donors (Lipinski definition) is 1. The van der Waals surface area contributed by atoms with Crippen molar-refractivity contribution in [2.24, 2.45) is 0 Å². The van der Waals surface area contributed by atoms with Gasteiger partial charge in [-0.1, -0.05) is 29.8 Å². The van der Waals surface area contributed by atoms with E-state index >= 15 is 0 Å². The Hall–Kier alpha value is -3.51.